The van der Waals surface area contributed by atoms with Crippen molar-refractivity contribution in [3.05, 3.63) is 0 Å². The summed E-state index contributed by atoms with van der Waals surface area (Å²) in [4.78, 5) is 10.8. The molecule has 0 saturated carbocycles. The Morgan fingerprint density at radius 1 is 1.53 bits per heavy atom. The number of hydrogen-bond donors (Lipinski definition) is 3. The van der Waals surface area contributed by atoms with E-state index in [9.17, 15) is 4.79 Å². The topological polar surface area (TPSA) is 61.4 Å². The molecule has 1 rings (SSSR count). The summed E-state index contributed by atoms with van der Waals surface area (Å²) in [6, 6.07) is 0.0304. The van der Waals surface area contributed by atoms with E-state index >= 15 is 0 Å². The molecule has 2 atom stereocenters. The predicted octanol–water partition coefficient (Wildman–Crippen LogP) is 1.67. The molecule has 1 heterocycles. The van der Waals surface area contributed by atoms with Gasteiger partial charge in [0, 0.05) is 6.04 Å². The van der Waals surface area contributed by atoms with E-state index in [1.54, 1.807) is 0 Å². The van der Waals surface area contributed by atoms with Crippen molar-refractivity contribution >= 4 is 6.09 Å². The van der Waals surface area contributed by atoms with E-state index in [2.05, 4.69) is 31.4 Å². The van der Waals surface area contributed by atoms with E-state index in [4.69, 9.17) is 5.11 Å². The Balaban J connectivity index is 2.66. The third-order valence-corrected chi connectivity index (χ3v) is 3.02. The van der Waals surface area contributed by atoms with E-state index in [1.165, 1.54) is 0 Å². The highest BCUT2D eigenvalue weighted by molar-refractivity contribution is 5.65. The molecule has 0 aliphatic carbocycles. The highest BCUT2D eigenvalue weighted by atomic mass is 16.4. The van der Waals surface area contributed by atoms with Crippen LogP contribution in [0.4, 0.5) is 4.79 Å². The standard InChI is InChI=1S/C11H22N2O2/c1-11(2,3)9(13-10(14)15)8-5-4-6-12-7-8/h8-9,12-13H,4-7H2,1-3H3,(H,14,15). The first-order chi connectivity index (χ1) is 6.91. The van der Waals surface area contributed by atoms with Gasteiger partial charge in [0.1, 0.15) is 0 Å². The van der Waals surface area contributed by atoms with Crippen molar-refractivity contribution in [2.45, 2.75) is 39.7 Å². The van der Waals surface area contributed by atoms with Gasteiger partial charge in [-0.05, 0) is 37.3 Å². The maximum absolute atomic E-state index is 10.8. The molecule has 0 spiro atoms. The molecular formula is C11H22N2O2. The Kier molecular flexibility index (Phi) is 3.97. The van der Waals surface area contributed by atoms with Crippen LogP contribution in [0.15, 0.2) is 0 Å². The molecule has 1 saturated heterocycles. The quantitative estimate of drug-likeness (QED) is 0.655. The van der Waals surface area contributed by atoms with Crippen molar-refractivity contribution in [3.8, 4) is 0 Å². The Labute approximate surface area is 91.4 Å². The summed E-state index contributed by atoms with van der Waals surface area (Å²) in [5.41, 5.74) is -0.0257. The van der Waals surface area contributed by atoms with Crippen LogP contribution < -0.4 is 10.6 Å². The molecule has 4 nitrogen and oxygen atoms in total. The zero-order valence-electron chi connectivity index (χ0n) is 9.84. The van der Waals surface area contributed by atoms with Crippen molar-refractivity contribution in [1.29, 1.82) is 0 Å². The van der Waals surface area contributed by atoms with Crippen molar-refractivity contribution in [2.75, 3.05) is 13.1 Å². The van der Waals surface area contributed by atoms with Gasteiger partial charge in [-0.25, -0.2) is 4.79 Å². The number of carboxylic acid groups (broad SMARTS) is 1. The van der Waals surface area contributed by atoms with Gasteiger partial charge in [0.15, 0.2) is 0 Å². The van der Waals surface area contributed by atoms with Crippen LogP contribution >= 0.6 is 0 Å². The van der Waals surface area contributed by atoms with E-state index in [0.29, 0.717) is 5.92 Å². The first-order valence-corrected chi connectivity index (χ1v) is 5.61. The van der Waals surface area contributed by atoms with Crippen molar-refractivity contribution < 1.29 is 9.90 Å². The summed E-state index contributed by atoms with van der Waals surface area (Å²) >= 11 is 0. The number of nitrogens with one attached hydrogen (secondary N) is 2. The van der Waals surface area contributed by atoms with E-state index in [0.717, 1.165) is 25.9 Å². The third kappa shape index (κ3) is 3.70. The Morgan fingerprint density at radius 2 is 2.20 bits per heavy atom. The van der Waals surface area contributed by atoms with Crippen LogP contribution in [0.3, 0.4) is 0 Å². The largest absolute Gasteiger partial charge is 0.465 e. The highest BCUT2D eigenvalue weighted by Crippen LogP contribution is 2.28. The van der Waals surface area contributed by atoms with Crippen LogP contribution in [0.5, 0.6) is 0 Å². The molecule has 1 aliphatic heterocycles. The second-order valence-corrected chi connectivity index (χ2v) is 5.40. The minimum Gasteiger partial charge on any atom is -0.465 e. The van der Waals surface area contributed by atoms with Crippen LogP contribution in [0.1, 0.15) is 33.6 Å². The van der Waals surface area contributed by atoms with Crippen molar-refractivity contribution in [2.24, 2.45) is 11.3 Å². The lowest BCUT2D eigenvalue weighted by atomic mass is 9.76. The van der Waals surface area contributed by atoms with Gasteiger partial charge in [0.05, 0.1) is 0 Å². The first-order valence-electron chi connectivity index (χ1n) is 5.61. The SMILES string of the molecule is CC(C)(C)C(NC(=O)O)C1CCCNC1. The molecule has 88 valence electrons. The average molecular weight is 214 g/mol. The number of hydrogen-bond acceptors (Lipinski definition) is 2. The minimum absolute atomic E-state index is 0.0257. The Hall–Kier alpha value is -0.770. The van der Waals surface area contributed by atoms with Gasteiger partial charge in [-0.2, -0.15) is 0 Å². The first kappa shape index (κ1) is 12.3. The van der Waals surface area contributed by atoms with Crippen LogP contribution in [-0.4, -0.2) is 30.3 Å². The summed E-state index contributed by atoms with van der Waals surface area (Å²) in [7, 11) is 0. The van der Waals surface area contributed by atoms with Crippen LogP contribution in [0.2, 0.25) is 0 Å². The fraction of sp³-hybridized carbons (Fsp3) is 0.909. The van der Waals surface area contributed by atoms with E-state index < -0.39 is 6.09 Å². The Morgan fingerprint density at radius 3 is 2.60 bits per heavy atom. The predicted molar refractivity (Wildman–Crippen MR) is 60.0 cm³/mol. The van der Waals surface area contributed by atoms with Crippen molar-refractivity contribution in [1.82, 2.24) is 10.6 Å². The molecule has 0 bridgehead atoms. The normalized spacial score (nSPS) is 24.6. The average Bonchev–Trinajstić information content (AvgIpc) is 2.14. The fourth-order valence-electron chi connectivity index (χ4n) is 2.34. The van der Waals surface area contributed by atoms with Crippen LogP contribution in [0.25, 0.3) is 0 Å². The molecule has 15 heavy (non-hydrogen) atoms. The van der Waals surface area contributed by atoms with Crippen LogP contribution in [-0.2, 0) is 0 Å². The van der Waals surface area contributed by atoms with Gasteiger partial charge >= 0.3 is 6.09 Å². The molecule has 4 heteroatoms. The monoisotopic (exact) mass is 214 g/mol. The summed E-state index contributed by atoms with van der Waals surface area (Å²) in [5, 5.41) is 14.8. The smallest absolute Gasteiger partial charge is 0.404 e. The summed E-state index contributed by atoms with van der Waals surface area (Å²) in [6.45, 7) is 8.23. The summed E-state index contributed by atoms with van der Waals surface area (Å²) in [5.74, 6) is 0.412. The molecule has 0 radical (unpaired) electrons. The number of piperidine rings is 1. The molecule has 1 amide bonds. The minimum atomic E-state index is -0.916. The van der Waals surface area contributed by atoms with Crippen LogP contribution in [0, 0.1) is 11.3 Å². The molecular weight excluding hydrogens is 192 g/mol. The molecule has 2 unspecified atom stereocenters. The molecule has 3 N–H and O–H groups in total. The van der Waals surface area contributed by atoms with Gasteiger partial charge < -0.3 is 15.7 Å². The summed E-state index contributed by atoms with van der Waals surface area (Å²) < 4.78 is 0. The maximum Gasteiger partial charge on any atom is 0.404 e. The zero-order valence-corrected chi connectivity index (χ0v) is 9.84. The number of carbonyl (C=O) groups is 1. The van der Waals surface area contributed by atoms with Gasteiger partial charge in [-0.3, -0.25) is 0 Å². The highest BCUT2D eigenvalue weighted by Gasteiger charge is 2.34. The molecule has 1 aliphatic rings. The van der Waals surface area contributed by atoms with E-state index in [-0.39, 0.29) is 11.5 Å². The molecule has 0 aromatic rings. The maximum atomic E-state index is 10.8. The van der Waals surface area contributed by atoms with Crippen molar-refractivity contribution in [3.63, 3.8) is 0 Å². The van der Waals surface area contributed by atoms with E-state index in [1.807, 2.05) is 0 Å². The Bertz CT molecular complexity index is 217. The molecule has 0 aromatic carbocycles. The van der Waals surface area contributed by atoms with Gasteiger partial charge in [0.25, 0.3) is 0 Å². The lowest BCUT2D eigenvalue weighted by molar-refractivity contribution is 0.141. The second-order valence-electron chi connectivity index (χ2n) is 5.40. The number of amides is 1. The lowest BCUT2D eigenvalue weighted by Crippen LogP contribution is -2.52. The molecule has 0 aromatic heterocycles. The fourth-order valence-corrected chi connectivity index (χ4v) is 2.34. The van der Waals surface area contributed by atoms with Gasteiger partial charge in [-0.15, -0.1) is 0 Å². The lowest BCUT2D eigenvalue weighted by Gasteiger charge is -2.39. The third-order valence-electron chi connectivity index (χ3n) is 3.02. The number of rotatable bonds is 2. The zero-order chi connectivity index (χ0) is 11.5. The van der Waals surface area contributed by atoms with Gasteiger partial charge in [0.2, 0.25) is 0 Å². The van der Waals surface area contributed by atoms with Gasteiger partial charge in [-0.1, -0.05) is 20.8 Å². The molecule has 1 fully saturated rings. The second kappa shape index (κ2) is 4.84. The summed E-state index contributed by atoms with van der Waals surface area (Å²) in [6.07, 6.45) is 1.33.